The molecule has 0 radical (unpaired) electrons. The van der Waals surface area contributed by atoms with Crippen LogP contribution in [-0.2, 0) is 16.1 Å². The van der Waals surface area contributed by atoms with E-state index in [1.807, 2.05) is 6.07 Å². The molecular weight excluding hydrogens is 524 g/mol. The minimum Gasteiger partial charge on any atom is -0.545 e. The van der Waals surface area contributed by atoms with Gasteiger partial charge in [-0.2, -0.15) is 5.10 Å². The summed E-state index contributed by atoms with van der Waals surface area (Å²) >= 11 is 0. The maximum atomic E-state index is 9.53. The average molecular weight is 561 g/mol. The molecule has 1 saturated heterocycles. The number of ether oxygens (including phenoxy) is 2. The van der Waals surface area contributed by atoms with Crippen LogP contribution in [0.3, 0.4) is 0 Å². The van der Waals surface area contributed by atoms with Gasteiger partial charge in [-0.1, -0.05) is 6.42 Å². The smallest absolute Gasteiger partial charge is 0.328 e. The summed E-state index contributed by atoms with van der Waals surface area (Å²) < 4.78 is 14.3. The molecule has 6 rings (SSSR count). The SMILES string of the molecule is COc1ccc2c(c1)-c1[nH][n+](CCN3CCCCC3)c3cc4c(c(c13)N2C)C=CC(C)(C)O4.O=C([O-])/C=C/C(=O)O. The van der Waals surface area contributed by atoms with E-state index in [9.17, 15) is 14.7 Å². The summed E-state index contributed by atoms with van der Waals surface area (Å²) in [7, 11) is 3.88. The van der Waals surface area contributed by atoms with E-state index < -0.39 is 11.9 Å². The highest BCUT2D eigenvalue weighted by Gasteiger charge is 2.36. The number of likely N-dealkylation sites (tertiary alicyclic amines) is 1. The standard InChI is InChI=1S/C27H32N4O2.C4H4O4/c1-27(2)11-10-19-23(33-27)17-22-24-25(28-31(22)15-14-30-12-6-5-7-13-30)20-16-18(32-4)8-9-21(20)29(3)26(19)24;5-3(6)1-2-4(7)8/h8-11,16-17H,5-7,12-15H2,1-4H3;1-2H,(H,5,6)(H,7,8)/b;2-1+. The van der Waals surface area contributed by atoms with Crippen LogP contribution in [-0.4, -0.2) is 66.4 Å². The number of hydrogen-bond donors (Lipinski definition) is 2. The van der Waals surface area contributed by atoms with E-state index in [-0.39, 0.29) is 5.60 Å². The summed E-state index contributed by atoms with van der Waals surface area (Å²) in [5, 5.41) is 22.3. The zero-order chi connectivity index (χ0) is 29.3. The topological polar surface area (TPSA) is 122 Å². The summed E-state index contributed by atoms with van der Waals surface area (Å²) in [5.41, 5.74) is 6.73. The molecule has 3 aliphatic rings. The van der Waals surface area contributed by atoms with Crippen LogP contribution in [0.2, 0.25) is 0 Å². The second kappa shape index (κ2) is 11.3. The minimum atomic E-state index is -1.51. The van der Waals surface area contributed by atoms with Gasteiger partial charge in [0, 0.05) is 24.3 Å². The highest BCUT2D eigenvalue weighted by molar-refractivity contribution is 6.12. The lowest BCUT2D eigenvalue weighted by Crippen LogP contribution is -2.43. The fourth-order valence-electron chi connectivity index (χ4n) is 5.74. The number of anilines is 2. The molecule has 10 heteroatoms. The Morgan fingerprint density at radius 1 is 1.20 bits per heavy atom. The average Bonchev–Trinajstić information content (AvgIpc) is 3.31. The number of methoxy groups -OCH3 is 1. The van der Waals surface area contributed by atoms with Crippen LogP contribution in [0.15, 0.2) is 42.5 Å². The van der Waals surface area contributed by atoms with E-state index >= 15 is 0 Å². The number of carbonyl (C=O) groups excluding carboxylic acids is 1. The number of aromatic nitrogens is 2. The molecule has 1 fully saturated rings. The van der Waals surface area contributed by atoms with E-state index in [4.69, 9.17) is 14.6 Å². The number of carboxylic acids is 2. The molecule has 2 N–H and O–H groups in total. The van der Waals surface area contributed by atoms with Gasteiger partial charge in [0.15, 0.2) is 6.54 Å². The van der Waals surface area contributed by atoms with Gasteiger partial charge in [0.25, 0.3) is 0 Å². The molecule has 0 saturated carbocycles. The number of carbonyl (C=O) groups is 2. The van der Waals surface area contributed by atoms with Crippen molar-refractivity contribution in [3.63, 3.8) is 0 Å². The monoisotopic (exact) mass is 560 g/mol. The lowest BCUT2D eigenvalue weighted by Gasteiger charge is -2.33. The van der Waals surface area contributed by atoms with E-state index in [0.717, 1.165) is 35.8 Å². The Morgan fingerprint density at radius 2 is 1.95 bits per heavy atom. The van der Waals surface area contributed by atoms with Gasteiger partial charge in [0.05, 0.1) is 37.1 Å². The molecule has 0 aliphatic carbocycles. The van der Waals surface area contributed by atoms with Crippen molar-refractivity contribution in [2.24, 2.45) is 0 Å². The molecule has 0 unspecified atom stereocenters. The van der Waals surface area contributed by atoms with Crippen molar-refractivity contribution in [3.05, 3.63) is 48.1 Å². The molecular formula is C31H36N4O6. The van der Waals surface area contributed by atoms with Crippen LogP contribution in [0, 0.1) is 0 Å². The number of H-pyrrole nitrogens is 1. The summed E-state index contributed by atoms with van der Waals surface area (Å²) in [6.45, 7) is 8.62. The zero-order valence-corrected chi connectivity index (χ0v) is 23.9. The molecule has 0 amide bonds. The normalized spacial score (nSPS) is 16.9. The molecule has 1 aromatic heterocycles. The molecule has 10 nitrogen and oxygen atoms in total. The predicted octanol–water partition coefficient (Wildman–Crippen LogP) is 3.26. The first-order valence-corrected chi connectivity index (χ1v) is 13.8. The third kappa shape index (κ3) is 5.78. The number of nitrogens with one attached hydrogen (secondary N) is 1. The number of aromatic amines is 1. The first-order valence-electron chi connectivity index (χ1n) is 13.8. The number of nitrogens with zero attached hydrogens (tertiary/aromatic N) is 3. The van der Waals surface area contributed by atoms with Crippen molar-refractivity contribution in [1.82, 2.24) is 10.00 Å². The fourth-order valence-corrected chi connectivity index (χ4v) is 5.74. The molecule has 3 aliphatic heterocycles. The van der Waals surface area contributed by atoms with Crippen LogP contribution in [0.25, 0.3) is 28.2 Å². The van der Waals surface area contributed by atoms with E-state index in [1.54, 1.807) is 7.11 Å². The van der Waals surface area contributed by atoms with Crippen molar-refractivity contribution in [2.45, 2.75) is 45.3 Å². The van der Waals surface area contributed by atoms with Gasteiger partial charge in [-0.05, 0) is 76.2 Å². The molecule has 0 spiro atoms. The predicted molar refractivity (Wildman–Crippen MR) is 154 cm³/mol. The number of aliphatic carboxylic acids is 2. The minimum absolute atomic E-state index is 0.316. The van der Waals surface area contributed by atoms with Crippen molar-refractivity contribution in [2.75, 3.05) is 38.7 Å². The number of rotatable bonds is 6. The molecule has 216 valence electrons. The van der Waals surface area contributed by atoms with Gasteiger partial charge in [-0.3, -0.25) is 4.90 Å². The van der Waals surface area contributed by atoms with Gasteiger partial charge in [0.2, 0.25) is 5.52 Å². The molecule has 0 bridgehead atoms. The Labute approximate surface area is 239 Å². The third-order valence-corrected chi connectivity index (χ3v) is 7.71. The van der Waals surface area contributed by atoms with Crippen LogP contribution in [0.4, 0.5) is 11.4 Å². The maximum Gasteiger partial charge on any atom is 0.328 e. The second-order valence-corrected chi connectivity index (χ2v) is 11.0. The Kier molecular flexibility index (Phi) is 7.77. The van der Waals surface area contributed by atoms with E-state index in [2.05, 4.69) is 70.8 Å². The van der Waals surface area contributed by atoms with Gasteiger partial charge in [-0.25, -0.2) is 4.79 Å². The molecule has 41 heavy (non-hydrogen) atoms. The van der Waals surface area contributed by atoms with E-state index in [1.165, 1.54) is 60.2 Å². The first-order chi connectivity index (χ1) is 19.6. The third-order valence-electron chi connectivity index (χ3n) is 7.71. The Hall–Kier alpha value is -4.31. The largest absolute Gasteiger partial charge is 0.545 e. The van der Waals surface area contributed by atoms with Crippen LogP contribution in [0.1, 0.15) is 38.7 Å². The van der Waals surface area contributed by atoms with Crippen molar-refractivity contribution in [3.8, 4) is 22.8 Å². The molecule has 2 aromatic carbocycles. The van der Waals surface area contributed by atoms with Crippen molar-refractivity contribution >= 4 is 40.3 Å². The lowest BCUT2D eigenvalue weighted by molar-refractivity contribution is -0.725. The summed E-state index contributed by atoms with van der Waals surface area (Å²) in [6.07, 6.45) is 9.32. The Bertz CT molecular complexity index is 1530. The number of hydrogen-bond acceptors (Lipinski definition) is 7. The number of fused-ring (bicyclic) bond motifs is 4. The maximum absolute atomic E-state index is 9.53. The number of benzene rings is 2. The van der Waals surface area contributed by atoms with Crippen LogP contribution >= 0.6 is 0 Å². The highest BCUT2D eigenvalue weighted by Crippen LogP contribution is 2.51. The van der Waals surface area contributed by atoms with Gasteiger partial charge < -0.3 is 29.4 Å². The van der Waals surface area contributed by atoms with Gasteiger partial charge in [0.1, 0.15) is 28.2 Å². The van der Waals surface area contributed by atoms with Crippen LogP contribution < -0.4 is 24.2 Å². The molecule has 4 heterocycles. The molecule has 3 aromatic rings. The highest BCUT2D eigenvalue weighted by atomic mass is 16.5. The van der Waals surface area contributed by atoms with Crippen molar-refractivity contribution in [1.29, 1.82) is 0 Å². The summed E-state index contributed by atoms with van der Waals surface area (Å²) in [4.78, 5) is 23.9. The first kappa shape index (κ1) is 28.2. The van der Waals surface area contributed by atoms with E-state index in [0.29, 0.717) is 12.2 Å². The summed E-state index contributed by atoms with van der Waals surface area (Å²) in [6, 6.07) is 8.56. The lowest BCUT2D eigenvalue weighted by atomic mass is 9.93. The van der Waals surface area contributed by atoms with Crippen LogP contribution in [0.5, 0.6) is 11.5 Å². The molecule has 0 atom stereocenters. The fraction of sp³-hybridized carbons (Fsp3) is 0.387. The second-order valence-electron chi connectivity index (χ2n) is 11.0. The van der Waals surface area contributed by atoms with Gasteiger partial charge in [-0.15, -0.1) is 4.68 Å². The van der Waals surface area contributed by atoms with Crippen molar-refractivity contribution < 1.29 is 34.0 Å². The quantitative estimate of drug-likeness (QED) is 0.348. The zero-order valence-electron chi connectivity index (χ0n) is 23.9. The Morgan fingerprint density at radius 3 is 2.61 bits per heavy atom. The number of carboxylic acid groups (broad SMARTS) is 2. The van der Waals surface area contributed by atoms with Gasteiger partial charge >= 0.3 is 5.97 Å². The summed E-state index contributed by atoms with van der Waals surface area (Å²) in [5.74, 6) is -0.983. The Balaban J connectivity index is 0.000000372. The number of piperidine rings is 1.